The molecule has 1 nitrogen and oxygen atoms in total. The molecule has 1 heteroatoms. The van der Waals surface area contributed by atoms with Gasteiger partial charge in [0.2, 0.25) is 0 Å². The van der Waals surface area contributed by atoms with Crippen molar-refractivity contribution in [3.05, 3.63) is 35.4 Å². The molecule has 1 heterocycles. The SMILES string of the molecule is Cc1ccc(C#CC23CCCCC2O3)cc1. The van der Waals surface area contributed by atoms with Crippen LogP contribution >= 0.6 is 0 Å². The van der Waals surface area contributed by atoms with Crippen LogP contribution in [0.2, 0.25) is 0 Å². The van der Waals surface area contributed by atoms with Crippen LogP contribution in [0.3, 0.4) is 0 Å². The first-order valence-corrected chi connectivity index (χ1v) is 6.06. The maximum absolute atomic E-state index is 5.74. The Balaban J connectivity index is 1.78. The number of aryl methyl sites for hydroxylation is 1. The van der Waals surface area contributed by atoms with Crippen LogP contribution < -0.4 is 0 Å². The first-order chi connectivity index (χ1) is 7.78. The lowest BCUT2D eigenvalue weighted by Gasteiger charge is -2.10. The third-order valence-electron chi connectivity index (χ3n) is 3.55. The monoisotopic (exact) mass is 212 g/mol. The Hall–Kier alpha value is -1.26. The number of hydrogen-bond acceptors (Lipinski definition) is 1. The van der Waals surface area contributed by atoms with Gasteiger partial charge in [0.25, 0.3) is 0 Å². The van der Waals surface area contributed by atoms with Gasteiger partial charge in [-0.2, -0.15) is 0 Å². The highest BCUT2D eigenvalue weighted by Gasteiger charge is 2.56. The second-order valence-electron chi connectivity index (χ2n) is 4.86. The predicted octanol–water partition coefficient (Wildman–Crippen LogP) is 3.06. The van der Waals surface area contributed by atoms with Crippen LogP contribution in [-0.2, 0) is 4.74 Å². The molecule has 82 valence electrons. The summed E-state index contributed by atoms with van der Waals surface area (Å²) in [6.07, 6.45) is 5.32. The van der Waals surface area contributed by atoms with Gasteiger partial charge in [0.15, 0.2) is 5.60 Å². The summed E-state index contributed by atoms with van der Waals surface area (Å²) in [5.41, 5.74) is 2.31. The maximum atomic E-state index is 5.74. The Kier molecular flexibility index (Phi) is 2.26. The summed E-state index contributed by atoms with van der Waals surface area (Å²) in [6.45, 7) is 2.09. The molecule has 0 N–H and O–H groups in total. The summed E-state index contributed by atoms with van der Waals surface area (Å²) in [5, 5.41) is 0. The third kappa shape index (κ3) is 1.74. The Morgan fingerprint density at radius 1 is 1.25 bits per heavy atom. The van der Waals surface area contributed by atoms with Crippen LogP contribution in [0.1, 0.15) is 36.8 Å². The lowest BCUT2D eigenvalue weighted by molar-refractivity contribution is 0.336. The van der Waals surface area contributed by atoms with Crippen LogP contribution in [0.25, 0.3) is 0 Å². The largest absolute Gasteiger partial charge is 0.352 e. The zero-order valence-electron chi connectivity index (χ0n) is 9.62. The van der Waals surface area contributed by atoms with Gasteiger partial charge < -0.3 is 4.74 Å². The third-order valence-corrected chi connectivity index (χ3v) is 3.55. The van der Waals surface area contributed by atoms with Crippen LogP contribution in [0, 0.1) is 18.8 Å². The summed E-state index contributed by atoms with van der Waals surface area (Å²) in [7, 11) is 0. The fourth-order valence-electron chi connectivity index (χ4n) is 2.44. The number of ether oxygens (including phenoxy) is 1. The number of epoxide rings is 1. The smallest absolute Gasteiger partial charge is 0.155 e. The first kappa shape index (κ1) is 9.93. The lowest BCUT2D eigenvalue weighted by Crippen LogP contribution is -2.16. The molecule has 2 fully saturated rings. The molecule has 2 atom stereocenters. The molecule has 0 aromatic heterocycles. The Bertz CT molecular complexity index is 449. The van der Waals surface area contributed by atoms with Crippen molar-refractivity contribution in [3.8, 4) is 11.8 Å². The fraction of sp³-hybridized carbons (Fsp3) is 0.467. The summed E-state index contributed by atoms with van der Waals surface area (Å²) in [5.74, 6) is 6.58. The minimum absolute atomic E-state index is 0.0663. The maximum Gasteiger partial charge on any atom is 0.155 e. The van der Waals surface area contributed by atoms with Crippen molar-refractivity contribution in [1.82, 2.24) is 0 Å². The summed E-state index contributed by atoms with van der Waals surface area (Å²) in [6, 6.07) is 8.37. The zero-order valence-corrected chi connectivity index (χ0v) is 9.62. The molecule has 1 aromatic rings. The minimum atomic E-state index is -0.0663. The Morgan fingerprint density at radius 2 is 2.06 bits per heavy atom. The Morgan fingerprint density at radius 3 is 2.81 bits per heavy atom. The summed E-state index contributed by atoms with van der Waals surface area (Å²) >= 11 is 0. The molecule has 0 spiro atoms. The van der Waals surface area contributed by atoms with Gasteiger partial charge in [-0.25, -0.2) is 0 Å². The molecule has 1 saturated heterocycles. The predicted molar refractivity (Wildman–Crippen MR) is 64.1 cm³/mol. The molecule has 16 heavy (non-hydrogen) atoms. The topological polar surface area (TPSA) is 12.5 Å². The van der Waals surface area contributed by atoms with E-state index >= 15 is 0 Å². The molecule has 1 aliphatic heterocycles. The molecule has 3 rings (SSSR count). The quantitative estimate of drug-likeness (QED) is 0.475. The molecule has 0 radical (unpaired) electrons. The number of hydrogen-bond donors (Lipinski definition) is 0. The van der Waals surface area contributed by atoms with Gasteiger partial charge in [-0.3, -0.25) is 0 Å². The first-order valence-electron chi connectivity index (χ1n) is 6.06. The molecule has 1 aliphatic carbocycles. The van der Waals surface area contributed by atoms with E-state index in [1.807, 2.05) is 0 Å². The molecular formula is C15H16O. The van der Waals surface area contributed by atoms with Crippen LogP contribution in [0.15, 0.2) is 24.3 Å². The van der Waals surface area contributed by atoms with Crippen LogP contribution in [0.4, 0.5) is 0 Å². The van der Waals surface area contributed by atoms with E-state index in [1.54, 1.807) is 0 Å². The van der Waals surface area contributed by atoms with Crippen molar-refractivity contribution >= 4 is 0 Å². The lowest BCUT2D eigenvalue weighted by atomic mass is 9.89. The standard InChI is InChI=1S/C15H16O/c1-12-5-7-13(8-6-12)9-11-15-10-3-2-4-14(15)16-15/h5-8,14H,2-4,10H2,1H3. The number of fused-ring (bicyclic) bond motifs is 1. The molecule has 0 bridgehead atoms. The van der Waals surface area contributed by atoms with E-state index < -0.39 is 0 Å². The summed E-state index contributed by atoms with van der Waals surface area (Å²) in [4.78, 5) is 0. The Labute approximate surface area is 96.8 Å². The van der Waals surface area contributed by atoms with Crippen molar-refractivity contribution in [1.29, 1.82) is 0 Å². The molecule has 1 saturated carbocycles. The van der Waals surface area contributed by atoms with E-state index in [9.17, 15) is 0 Å². The molecule has 2 aliphatic rings. The van der Waals surface area contributed by atoms with Gasteiger partial charge in [0.05, 0.1) is 6.10 Å². The second-order valence-corrected chi connectivity index (χ2v) is 4.86. The van der Waals surface area contributed by atoms with Crippen LogP contribution in [-0.4, -0.2) is 11.7 Å². The van der Waals surface area contributed by atoms with E-state index in [2.05, 4.69) is 43.0 Å². The number of rotatable bonds is 0. The molecule has 2 unspecified atom stereocenters. The molecular weight excluding hydrogens is 196 g/mol. The highest BCUT2D eigenvalue weighted by Crippen LogP contribution is 2.47. The van der Waals surface area contributed by atoms with Gasteiger partial charge in [0.1, 0.15) is 0 Å². The average Bonchev–Trinajstić information content (AvgIpc) is 3.03. The van der Waals surface area contributed by atoms with Gasteiger partial charge in [-0.1, -0.05) is 36.0 Å². The van der Waals surface area contributed by atoms with E-state index in [4.69, 9.17) is 4.74 Å². The summed E-state index contributed by atoms with van der Waals surface area (Å²) < 4.78 is 5.74. The fourth-order valence-corrected chi connectivity index (χ4v) is 2.44. The van der Waals surface area contributed by atoms with Crippen molar-refractivity contribution in [2.75, 3.05) is 0 Å². The zero-order chi connectivity index (χ0) is 11.0. The highest BCUT2D eigenvalue weighted by molar-refractivity contribution is 5.40. The average molecular weight is 212 g/mol. The van der Waals surface area contributed by atoms with Gasteiger partial charge in [0, 0.05) is 5.56 Å². The second kappa shape index (κ2) is 3.64. The van der Waals surface area contributed by atoms with Gasteiger partial charge >= 0.3 is 0 Å². The van der Waals surface area contributed by atoms with Gasteiger partial charge in [-0.05, 0) is 38.3 Å². The van der Waals surface area contributed by atoms with E-state index in [1.165, 1.54) is 24.8 Å². The van der Waals surface area contributed by atoms with Crippen molar-refractivity contribution in [2.24, 2.45) is 0 Å². The molecule has 0 amide bonds. The van der Waals surface area contributed by atoms with E-state index in [0.29, 0.717) is 6.10 Å². The number of benzene rings is 1. The normalized spacial score (nSPS) is 31.2. The van der Waals surface area contributed by atoms with E-state index in [-0.39, 0.29) is 5.60 Å². The van der Waals surface area contributed by atoms with Gasteiger partial charge in [-0.15, -0.1) is 0 Å². The minimum Gasteiger partial charge on any atom is -0.352 e. The van der Waals surface area contributed by atoms with Crippen molar-refractivity contribution < 1.29 is 4.74 Å². The van der Waals surface area contributed by atoms with E-state index in [0.717, 1.165) is 12.0 Å². The molecule has 1 aromatic carbocycles. The van der Waals surface area contributed by atoms with Crippen molar-refractivity contribution in [2.45, 2.75) is 44.3 Å². The van der Waals surface area contributed by atoms with Crippen LogP contribution in [0.5, 0.6) is 0 Å². The van der Waals surface area contributed by atoms with Crippen molar-refractivity contribution in [3.63, 3.8) is 0 Å². The highest BCUT2D eigenvalue weighted by atomic mass is 16.6.